The molecule has 0 heterocycles. The topological polar surface area (TPSA) is 50.7 Å². The number of rotatable bonds is 7. The van der Waals surface area contributed by atoms with Crippen molar-refractivity contribution in [1.29, 1.82) is 0 Å². The van der Waals surface area contributed by atoms with Crippen molar-refractivity contribution in [2.24, 2.45) is 0 Å². The van der Waals surface area contributed by atoms with Gasteiger partial charge in [-0.3, -0.25) is 0 Å². The molecule has 1 aromatic rings. The van der Waals surface area contributed by atoms with Gasteiger partial charge in [0.25, 0.3) is 0 Å². The lowest BCUT2D eigenvalue weighted by Gasteiger charge is -2.15. The smallest absolute Gasteiger partial charge is 0.175 e. The second kappa shape index (κ2) is 6.59. The van der Waals surface area contributed by atoms with Gasteiger partial charge in [-0.05, 0) is 53.4 Å². The maximum atomic E-state index is 9.28. The molecule has 0 spiro atoms. The van der Waals surface area contributed by atoms with Gasteiger partial charge in [0.2, 0.25) is 0 Å². The maximum Gasteiger partial charge on any atom is 0.175 e. The van der Waals surface area contributed by atoms with Crippen LogP contribution in [0.3, 0.4) is 0 Å². The zero-order chi connectivity index (χ0) is 13.8. The predicted molar refractivity (Wildman–Crippen MR) is 77.7 cm³/mol. The van der Waals surface area contributed by atoms with E-state index in [0.717, 1.165) is 16.6 Å². The summed E-state index contributed by atoms with van der Waals surface area (Å²) in [7, 11) is 1.62. The lowest BCUT2D eigenvalue weighted by molar-refractivity contribution is 0.120. The average molecular weight is 330 g/mol. The maximum absolute atomic E-state index is 9.28. The standard InChI is InChI=1S/C14H20BrNO3/c1-9(17)8-19-14-12(15)5-10(6-13(14)18-2)7-16-11-3-4-11/h5-6,9,11,16-17H,3-4,7-8H2,1-2H3. The highest BCUT2D eigenvalue weighted by molar-refractivity contribution is 9.10. The quantitative estimate of drug-likeness (QED) is 0.806. The van der Waals surface area contributed by atoms with Crippen molar-refractivity contribution in [3.63, 3.8) is 0 Å². The molecule has 0 amide bonds. The summed E-state index contributed by atoms with van der Waals surface area (Å²) in [6, 6.07) is 4.67. The van der Waals surface area contributed by atoms with Crippen LogP contribution >= 0.6 is 15.9 Å². The normalized spacial score (nSPS) is 16.2. The third-order valence-corrected chi connectivity index (χ3v) is 3.52. The van der Waals surface area contributed by atoms with E-state index in [2.05, 4.69) is 21.2 Å². The number of halogens is 1. The van der Waals surface area contributed by atoms with Crippen molar-refractivity contribution in [2.45, 2.75) is 38.5 Å². The Balaban J connectivity index is 2.08. The number of methoxy groups -OCH3 is 1. The van der Waals surface area contributed by atoms with E-state index >= 15 is 0 Å². The Kier molecular flexibility index (Phi) is 5.07. The van der Waals surface area contributed by atoms with Gasteiger partial charge in [-0.15, -0.1) is 0 Å². The highest BCUT2D eigenvalue weighted by atomic mass is 79.9. The van der Waals surface area contributed by atoms with E-state index in [9.17, 15) is 5.11 Å². The Morgan fingerprint density at radius 3 is 2.79 bits per heavy atom. The first-order valence-corrected chi connectivity index (χ1v) is 7.30. The van der Waals surface area contributed by atoms with Crippen molar-refractivity contribution < 1.29 is 14.6 Å². The van der Waals surface area contributed by atoms with Crippen molar-refractivity contribution in [3.8, 4) is 11.5 Å². The summed E-state index contributed by atoms with van der Waals surface area (Å²) in [6.45, 7) is 2.76. The molecule has 1 unspecified atom stereocenters. The zero-order valence-electron chi connectivity index (χ0n) is 11.3. The van der Waals surface area contributed by atoms with Crippen LogP contribution in [-0.2, 0) is 6.54 Å². The van der Waals surface area contributed by atoms with Crippen LogP contribution in [0.4, 0.5) is 0 Å². The van der Waals surface area contributed by atoms with Gasteiger partial charge in [-0.25, -0.2) is 0 Å². The SMILES string of the molecule is COc1cc(CNC2CC2)cc(Br)c1OCC(C)O. The minimum atomic E-state index is -0.507. The van der Waals surface area contributed by atoms with Gasteiger partial charge in [0.05, 0.1) is 17.7 Å². The number of hydrogen-bond donors (Lipinski definition) is 2. The number of aliphatic hydroxyl groups excluding tert-OH is 1. The fraction of sp³-hybridized carbons (Fsp3) is 0.571. The van der Waals surface area contributed by atoms with Crippen LogP contribution in [0.2, 0.25) is 0 Å². The molecule has 0 saturated heterocycles. The van der Waals surface area contributed by atoms with Gasteiger partial charge in [0, 0.05) is 12.6 Å². The summed E-state index contributed by atoms with van der Waals surface area (Å²) in [5.41, 5.74) is 1.15. The van der Waals surface area contributed by atoms with E-state index in [-0.39, 0.29) is 6.61 Å². The van der Waals surface area contributed by atoms with Gasteiger partial charge in [-0.2, -0.15) is 0 Å². The molecule has 1 aliphatic rings. The van der Waals surface area contributed by atoms with E-state index in [4.69, 9.17) is 9.47 Å². The molecule has 106 valence electrons. The third kappa shape index (κ3) is 4.37. The average Bonchev–Trinajstić information content (AvgIpc) is 3.18. The molecule has 0 aliphatic heterocycles. The third-order valence-electron chi connectivity index (χ3n) is 2.93. The monoisotopic (exact) mass is 329 g/mol. The van der Waals surface area contributed by atoms with E-state index < -0.39 is 6.10 Å². The predicted octanol–water partition coefficient (Wildman–Crippen LogP) is 2.47. The summed E-state index contributed by atoms with van der Waals surface area (Å²) in [4.78, 5) is 0. The van der Waals surface area contributed by atoms with Gasteiger partial charge >= 0.3 is 0 Å². The van der Waals surface area contributed by atoms with Crippen LogP contribution in [0.1, 0.15) is 25.3 Å². The molecule has 0 aromatic heterocycles. The summed E-state index contributed by atoms with van der Waals surface area (Å²) >= 11 is 3.50. The molecule has 1 aromatic carbocycles. The highest BCUT2D eigenvalue weighted by Gasteiger charge is 2.20. The summed E-state index contributed by atoms with van der Waals surface area (Å²) in [5, 5.41) is 12.7. The molecule has 19 heavy (non-hydrogen) atoms. The Morgan fingerprint density at radius 1 is 1.47 bits per heavy atom. The van der Waals surface area contributed by atoms with Crippen LogP contribution in [0, 0.1) is 0 Å². The molecular formula is C14H20BrNO3. The molecule has 0 bridgehead atoms. The molecule has 1 atom stereocenters. The first kappa shape index (κ1) is 14.6. The Hall–Kier alpha value is -0.780. The van der Waals surface area contributed by atoms with E-state index in [0.29, 0.717) is 17.5 Å². The molecule has 0 radical (unpaired) electrons. The minimum absolute atomic E-state index is 0.245. The van der Waals surface area contributed by atoms with E-state index in [1.54, 1.807) is 14.0 Å². The number of benzene rings is 1. The second-order valence-electron chi connectivity index (χ2n) is 4.92. The van der Waals surface area contributed by atoms with Crippen LogP contribution in [0.5, 0.6) is 11.5 Å². The van der Waals surface area contributed by atoms with Gasteiger partial charge in [-0.1, -0.05) is 0 Å². The number of aliphatic hydroxyl groups is 1. The molecule has 1 fully saturated rings. The van der Waals surface area contributed by atoms with Crippen molar-refractivity contribution in [1.82, 2.24) is 5.32 Å². The Labute approximate surface area is 122 Å². The number of hydrogen-bond acceptors (Lipinski definition) is 4. The van der Waals surface area contributed by atoms with Gasteiger partial charge in [0.1, 0.15) is 6.61 Å². The van der Waals surface area contributed by atoms with Crippen LogP contribution in [0.15, 0.2) is 16.6 Å². The fourth-order valence-electron chi connectivity index (χ4n) is 1.77. The summed E-state index contributed by atoms with van der Waals surface area (Å²) in [6.07, 6.45) is 2.04. The molecule has 1 aliphatic carbocycles. The molecule has 5 heteroatoms. The Bertz CT molecular complexity index is 433. The summed E-state index contributed by atoms with van der Waals surface area (Å²) in [5.74, 6) is 1.32. The minimum Gasteiger partial charge on any atom is -0.493 e. The van der Waals surface area contributed by atoms with E-state index in [1.807, 2.05) is 12.1 Å². The molecule has 2 rings (SSSR count). The van der Waals surface area contributed by atoms with Gasteiger partial charge < -0.3 is 19.9 Å². The number of ether oxygens (including phenoxy) is 2. The lowest BCUT2D eigenvalue weighted by atomic mass is 10.2. The van der Waals surface area contributed by atoms with Gasteiger partial charge in [0.15, 0.2) is 11.5 Å². The number of nitrogens with one attached hydrogen (secondary N) is 1. The second-order valence-corrected chi connectivity index (χ2v) is 5.78. The van der Waals surface area contributed by atoms with Crippen molar-refractivity contribution >= 4 is 15.9 Å². The first-order chi connectivity index (χ1) is 9.10. The molecule has 2 N–H and O–H groups in total. The van der Waals surface area contributed by atoms with Crippen LogP contribution in [-0.4, -0.2) is 31.0 Å². The van der Waals surface area contributed by atoms with E-state index in [1.165, 1.54) is 12.8 Å². The first-order valence-electron chi connectivity index (χ1n) is 6.50. The Morgan fingerprint density at radius 2 is 2.21 bits per heavy atom. The largest absolute Gasteiger partial charge is 0.493 e. The molecule has 4 nitrogen and oxygen atoms in total. The molecule has 1 saturated carbocycles. The van der Waals surface area contributed by atoms with Crippen molar-refractivity contribution in [3.05, 3.63) is 22.2 Å². The zero-order valence-corrected chi connectivity index (χ0v) is 12.9. The molecular weight excluding hydrogens is 310 g/mol. The fourth-order valence-corrected chi connectivity index (χ4v) is 2.37. The lowest BCUT2D eigenvalue weighted by Crippen LogP contribution is -2.16. The highest BCUT2D eigenvalue weighted by Crippen LogP contribution is 2.37. The van der Waals surface area contributed by atoms with Crippen molar-refractivity contribution in [2.75, 3.05) is 13.7 Å². The summed E-state index contributed by atoms with van der Waals surface area (Å²) < 4.78 is 11.8. The van der Waals surface area contributed by atoms with Crippen LogP contribution in [0.25, 0.3) is 0 Å². The van der Waals surface area contributed by atoms with Crippen LogP contribution < -0.4 is 14.8 Å².